The fourth-order valence-electron chi connectivity index (χ4n) is 4.32. The minimum atomic E-state index is -0.173. The van der Waals surface area contributed by atoms with Crippen molar-refractivity contribution in [1.29, 1.82) is 0 Å². The summed E-state index contributed by atoms with van der Waals surface area (Å²) in [5, 5.41) is 6.22. The number of hydrogen-bond acceptors (Lipinski definition) is 4. The highest BCUT2D eigenvalue weighted by Gasteiger charge is 2.45. The first-order chi connectivity index (χ1) is 12.5. The van der Waals surface area contributed by atoms with E-state index in [4.69, 9.17) is 4.74 Å². The van der Waals surface area contributed by atoms with E-state index in [1.807, 2.05) is 23.9 Å². The van der Waals surface area contributed by atoms with Gasteiger partial charge in [0, 0.05) is 32.2 Å². The average Bonchev–Trinajstić information content (AvgIpc) is 2.77. The summed E-state index contributed by atoms with van der Waals surface area (Å²) in [7, 11) is 3.98. The van der Waals surface area contributed by atoms with Crippen molar-refractivity contribution >= 4 is 11.9 Å². The molecule has 0 aromatic heterocycles. The number of hydrogen-bond donors (Lipinski definition) is 2. The summed E-state index contributed by atoms with van der Waals surface area (Å²) in [5.41, 5.74) is 0. The van der Waals surface area contributed by atoms with Gasteiger partial charge in [0.25, 0.3) is 0 Å². The summed E-state index contributed by atoms with van der Waals surface area (Å²) in [6, 6.07) is 0.319. The molecule has 2 heterocycles. The van der Waals surface area contributed by atoms with Crippen molar-refractivity contribution in [1.82, 2.24) is 20.4 Å². The largest absolute Gasteiger partial charge is 0.370 e. The van der Waals surface area contributed by atoms with Crippen LogP contribution in [0.1, 0.15) is 44.9 Å². The van der Waals surface area contributed by atoms with Gasteiger partial charge in [-0.05, 0) is 33.4 Å². The molecule has 3 aliphatic rings. The average molecular weight is 367 g/mol. The second-order valence-corrected chi connectivity index (χ2v) is 8.28. The van der Waals surface area contributed by atoms with Gasteiger partial charge in [-0.1, -0.05) is 25.7 Å². The van der Waals surface area contributed by atoms with Gasteiger partial charge >= 0.3 is 6.03 Å². The Bertz CT molecular complexity index is 491. The number of nitrogens with zero attached hydrogens (tertiary/aromatic N) is 2. The van der Waals surface area contributed by atoms with Crippen LogP contribution in [0.2, 0.25) is 0 Å². The van der Waals surface area contributed by atoms with Gasteiger partial charge in [-0.3, -0.25) is 4.79 Å². The highest BCUT2D eigenvalue weighted by atomic mass is 16.5. The number of morpholine rings is 1. The normalized spacial score (nSPS) is 29.5. The molecule has 3 amide bonds. The maximum Gasteiger partial charge on any atom is 0.317 e. The Hall–Kier alpha value is -1.34. The number of likely N-dealkylation sites (N-methyl/N-ethyl adjacent to an activating group) is 1. The summed E-state index contributed by atoms with van der Waals surface area (Å²) >= 11 is 0. The molecule has 2 saturated heterocycles. The molecule has 2 bridgehead atoms. The van der Waals surface area contributed by atoms with Crippen molar-refractivity contribution < 1.29 is 14.3 Å². The van der Waals surface area contributed by atoms with Crippen LogP contribution in [0, 0.1) is 5.92 Å². The monoisotopic (exact) mass is 366 g/mol. The fraction of sp³-hybridized carbons (Fsp3) is 0.895. The molecule has 0 unspecified atom stereocenters. The molecular formula is C19H34N4O3. The lowest BCUT2D eigenvalue weighted by Gasteiger charge is -2.34. The smallest absolute Gasteiger partial charge is 0.317 e. The van der Waals surface area contributed by atoms with Crippen LogP contribution in [0.25, 0.3) is 0 Å². The van der Waals surface area contributed by atoms with Gasteiger partial charge in [-0.2, -0.15) is 0 Å². The number of likely N-dealkylation sites (tertiary alicyclic amines) is 1. The standard InChI is InChI=1S/C19H34N4O3/c1-22(2)10-9-20-18(24)16-11-15-12-23(13-17(16)26-15)19(25)21-14-7-5-3-4-6-8-14/h14-17H,3-13H2,1-2H3,(H,20,24)(H,21,25)/t15-,16-,17+/m0/s1. The number of ether oxygens (including phenoxy) is 1. The first kappa shape index (κ1) is 19.4. The van der Waals surface area contributed by atoms with E-state index in [9.17, 15) is 9.59 Å². The minimum Gasteiger partial charge on any atom is -0.370 e. The van der Waals surface area contributed by atoms with E-state index in [1.165, 1.54) is 25.7 Å². The molecule has 0 aromatic carbocycles. The summed E-state index contributed by atoms with van der Waals surface area (Å²) in [4.78, 5) is 29.0. The van der Waals surface area contributed by atoms with E-state index in [2.05, 4.69) is 10.6 Å². The number of carbonyl (C=O) groups excluding carboxylic acids is 2. The molecule has 1 saturated carbocycles. The van der Waals surface area contributed by atoms with E-state index >= 15 is 0 Å². The van der Waals surface area contributed by atoms with Gasteiger partial charge in [-0.15, -0.1) is 0 Å². The number of urea groups is 1. The van der Waals surface area contributed by atoms with E-state index in [0.717, 1.165) is 19.4 Å². The van der Waals surface area contributed by atoms with Gasteiger partial charge in [0.1, 0.15) is 0 Å². The third-order valence-corrected chi connectivity index (χ3v) is 5.82. The van der Waals surface area contributed by atoms with Crippen LogP contribution >= 0.6 is 0 Å². The lowest BCUT2D eigenvalue weighted by atomic mass is 9.99. The molecule has 26 heavy (non-hydrogen) atoms. The van der Waals surface area contributed by atoms with Gasteiger partial charge in [-0.25, -0.2) is 4.79 Å². The number of rotatable bonds is 5. The molecule has 3 rings (SSSR count). The van der Waals surface area contributed by atoms with Gasteiger partial charge in [0.2, 0.25) is 5.91 Å². The quantitative estimate of drug-likeness (QED) is 0.717. The van der Waals surface area contributed by atoms with Gasteiger partial charge < -0.3 is 25.2 Å². The van der Waals surface area contributed by atoms with Gasteiger partial charge in [0.15, 0.2) is 0 Å². The SMILES string of the molecule is CN(C)CCNC(=O)[C@H]1C[C@H]2CN(C(=O)NC3CCCCCC3)C[C@H]1O2. The fourth-order valence-corrected chi connectivity index (χ4v) is 4.32. The molecular weight excluding hydrogens is 332 g/mol. The predicted octanol–water partition coefficient (Wildman–Crippen LogP) is 1.19. The molecule has 0 aromatic rings. The molecule has 2 aliphatic heterocycles. The van der Waals surface area contributed by atoms with Crippen molar-refractivity contribution in [3.8, 4) is 0 Å². The van der Waals surface area contributed by atoms with Crippen LogP contribution in [0.15, 0.2) is 0 Å². The molecule has 0 radical (unpaired) electrons. The maximum atomic E-state index is 12.7. The summed E-state index contributed by atoms with van der Waals surface area (Å²) in [6.07, 6.45) is 7.65. The van der Waals surface area contributed by atoms with Crippen molar-refractivity contribution in [3.05, 3.63) is 0 Å². The Kier molecular flexibility index (Phi) is 6.75. The van der Waals surface area contributed by atoms with E-state index in [0.29, 0.717) is 32.1 Å². The van der Waals surface area contributed by atoms with Crippen LogP contribution in [-0.2, 0) is 9.53 Å². The number of carbonyl (C=O) groups is 2. The second-order valence-electron chi connectivity index (χ2n) is 8.28. The molecule has 2 N–H and O–H groups in total. The van der Waals surface area contributed by atoms with E-state index in [1.54, 1.807) is 0 Å². The third-order valence-electron chi connectivity index (χ3n) is 5.82. The molecule has 7 heteroatoms. The summed E-state index contributed by atoms with van der Waals surface area (Å²) in [5.74, 6) is -0.0804. The highest BCUT2D eigenvalue weighted by Crippen LogP contribution is 2.32. The van der Waals surface area contributed by atoms with Crippen molar-refractivity contribution in [2.75, 3.05) is 40.3 Å². The van der Waals surface area contributed by atoms with Crippen LogP contribution in [0.5, 0.6) is 0 Å². The van der Waals surface area contributed by atoms with Crippen molar-refractivity contribution in [2.45, 2.75) is 63.2 Å². The topological polar surface area (TPSA) is 73.9 Å². The van der Waals surface area contributed by atoms with Crippen LogP contribution in [0.4, 0.5) is 4.79 Å². The maximum absolute atomic E-state index is 12.7. The summed E-state index contributed by atoms with van der Waals surface area (Å²) in [6.45, 7) is 2.58. The highest BCUT2D eigenvalue weighted by molar-refractivity contribution is 5.80. The molecule has 0 spiro atoms. The summed E-state index contributed by atoms with van der Waals surface area (Å²) < 4.78 is 5.96. The Morgan fingerprint density at radius 1 is 1.12 bits per heavy atom. The zero-order valence-electron chi connectivity index (χ0n) is 16.2. The lowest BCUT2D eigenvalue weighted by Crippen LogP contribution is -2.53. The van der Waals surface area contributed by atoms with Crippen LogP contribution < -0.4 is 10.6 Å². The Morgan fingerprint density at radius 2 is 1.85 bits per heavy atom. The first-order valence-electron chi connectivity index (χ1n) is 10.2. The van der Waals surface area contributed by atoms with E-state index < -0.39 is 0 Å². The Labute approximate surface area is 156 Å². The van der Waals surface area contributed by atoms with Crippen LogP contribution in [0.3, 0.4) is 0 Å². The van der Waals surface area contributed by atoms with Crippen LogP contribution in [-0.4, -0.2) is 80.3 Å². The molecule has 7 nitrogen and oxygen atoms in total. The molecule has 3 atom stereocenters. The molecule has 1 aliphatic carbocycles. The zero-order valence-corrected chi connectivity index (χ0v) is 16.2. The minimum absolute atomic E-state index is 0.0155. The third kappa shape index (κ3) is 5.10. The zero-order chi connectivity index (χ0) is 18.5. The van der Waals surface area contributed by atoms with Crippen molar-refractivity contribution in [3.63, 3.8) is 0 Å². The number of fused-ring (bicyclic) bond motifs is 2. The van der Waals surface area contributed by atoms with Gasteiger partial charge in [0.05, 0.1) is 18.1 Å². The first-order valence-corrected chi connectivity index (χ1v) is 10.2. The predicted molar refractivity (Wildman–Crippen MR) is 99.9 cm³/mol. The second kappa shape index (κ2) is 9.04. The lowest BCUT2D eigenvalue weighted by molar-refractivity contribution is -0.127. The number of amides is 3. The van der Waals surface area contributed by atoms with E-state index in [-0.39, 0.29) is 30.1 Å². The number of nitrogens with one attached hydrogen (secondary N) is 2. The van der Waals surface area contributed by atoms with Crippen molar-refractivity contribution in [2.24, 2.45) is 5.92 Å². The Morgan fingerprint density at radius 3 is 2.54 bits per heavy atom. The molecule has 3 fully saturated rings. The Balaban J connectivity index is 1.48. The molecule has 148 valence electrons.